The van der Waals surface area contributed by atoms with Gasteiger partial charge < -0.3 is 9.52 Å². The lowest BCUT2D eigenvalue weighted by Gasteiger charge is -2.14. The van der Waals surface area contributed by atoms with Crippen molar-refractivity contribution in [3.63, 3.8) is 0 Å². The van der Waals surface area contributed by atoms with Gasteiger partial charge in [0.1, 0.15) is 17.3 Å². The second-order valence-corrected chi connectivity index (χ2v) is 8.40. The van der Waals surface area contributed by atoms with Gasteiger partial charge >= 0.3 is 5.97 Å². The minimum atomic E-state index is -1.04. The number of anilines is 1. The number of amides is 1. The van der Waals surface area contributed by atoms with Crippen LogP contribution in [0, 0.1) is 5.95 Å². The molecule has 1 saturated heterocycles. The number of hydrogen-bond donors (Lipinski definition) is 1. The summed E-state index contributed by atoms with van der Waals surface area (Å²) in [5.41, 5.74) is 1.36. The van der Waals surface area contributed by atoms with Crippen molar-refractivity contribution in [3.8, 4) is 11.3 Å². The summed E-state index contributed by atoms with van der Waals surface area (Å²) in [6, 6.07) is 23.0. The third-order valence-corrected chi connectivity index (χ3v) is 5.98. The zero-order chi connectivity index (χ0) is 24.4. The van der Waals surface area contributed by atoms with Gasteiger partial charge in [-0.1, -0.05) is 36.4 Å². The highest BCUT2D eigenvalue weighted by molar-refractivity contribution is 8.19. The molecule has 172 valence electrons. The lowest BCUT2D eigenvalue weighted by atomic mass is 10.1. The van der Waals surface area contributed by atoms with Crippen molar-refractivity contribution in [1.82, 2.24) is 4.98 Å². The van der Waals surface area contributed by atoms with Gasteiger partial charge in [-0.3, -0.25) is 4.79 Å². The topological polar surface area (TPSA) is 96.0 Å². The number of furan rings is 1. The molecule has 0 atom stereocenters. The van der Waals surface area contributed by atoms with Crippen molar-refractivity contribution in [2.24, 2.45) is 4.99 Å². The summed E-state index contributed by atoms with van der Waals surface area (Å²) in [6.07, 6.45) is 1.57. The zero-order valence-electron chi connectivity index (χ0n) is 18.0. The maximum Gasteiger partial charge on any atom is 0.335 e. The maximum atomic E-state index is 13.8. The van der Waals surface area contributed by atoms with Crippen LogP contribution in [0.25, 0.3) is 17.4 Å². The molecule has 0 saturated carbocycles. The van der Waals surface area contributed by atoms with Gasteiger partial charge in [-0.15, -0.1) is 0 Å². The van der Waals surface area contributed by atoms with Crippen LogP contribution in [0.5, 0.6) is 0 Å². The number of nitrogens with zero attached hydrogens (tertiary/aromatic N) is 3. The second kappa shape index (κ2) is 9.40. The van der Waals surface area contributed by atoms with E-state index in [4.69, 9.17) is 4.42 Å². The molecule has 5 rings (SSSR count). The van der Waals surface area contributed by atoms with E-state index in [0.717, 1.165) is 11.8 Å². The summed E-state index contributed by atoms with van der Waals surface area (Å²) in [7, 11) is 0. The van der Waals surface area contributed by atoms with Crippen molar-refractivity contribution in [3.05, 3.63) is 107 Å². The number of rotatable bonds is 5. The molecule has 1 aliphatic heterocycles. The largest absolute Gasteiger partial charge is 0.478 e. The number of aliphatic imine (C=N–C) groups is 1. The Morgan fingerprint density at radius 2 is 1.83 bits per heavy atom. The van der Waals surface area contributed by atoms with E-state index in [1.54, 1.807) is 42.5 Å². The quantitative estimate of drug-likeness (QED) is 0.276. The molecule has 0 bridgehead atoms. The van der Waals surface area contributed by atoms with Crippen molar-refractivity contribution in [2.45, 2.75) is 0 Å². The molecular weight excluding hydrogens is 469 g/mol. The Labute approximate surface area is 203 Å². The number of aromatic nitrogens is 1. The normalized spacial score (nSPS) is 15.8. The molecule has 1 aliphatic rings. The predicted molar refractivity (Wildman–Crippen MR) is 132 cm³/mol. The fourth-order valence-electron chi connectivity index (χ4n) is 3.41. The van der Waals surface area contributed by atoms with E-state index in [0.29, 0.717) is 32.8 Å². The number of amidine groups is 1. The van der Waals surface area contributed by atoms with Crippen molar-refractivity contribution >= 4 is 46.4 Å². The van der Waals surface area contributed by atoms with E-state index < -0.39 is 17.8 Å². The van der Waals surface area contributed by atoms with Gasteiger partial charge in [0.05, 0.1) is 16.2 Å². The Hall–Kier alpha value is -4.50. The van der Waals surface area contributed by atoms with Gasteiger partial charge in [0.25, 0.3) is 5.91 Å². The van der Waals surface area contributed by atoms with Crippen molar-refractivity contribution < 1.29 is 23.5 Å². The van der Waals surface area contributed by atoms with Crippen LogP contribution in [0.1, 0.15) is 16.1 Å². The lowest BCUT2D eigenvalue weighted by Crippen LogP contribution is -2.29. The fraction of sp³-hybridized carbons (Fsp3) is 0. The highest BCUT2D eigenvalue weighted by Crippen LogP contribution is 2.37. The summed E-state index contributed by atoms with van der Waals surface area (Å²) < 4.78 is 19.7. The number of halogens is 1. The molecule has 7 nitrogen and oxygen atoms in total. The van der Waals surface area contributed by atoms with E-state index in [9.17, 15) is 19.1 Å². The van der Waals surface area contributed by atoms with Gasteiger partial charge in [0.2, 0.25) is 5.95 Å². The first kappa shape index (κ1) is 22.3. The number of pyridine rings is 1. The first-order valence-electron chi connectivity index (χ1n) is 10.4. The van der Waals surface area contributed by atoms with Crippen LogP contribution in [0.3, 0.4) is 0 Å². The molecule has 0 aliphatic carbocycles. The molecule has 9 heteroatoms. The molecule has 1 amide bonds. The number of benzene rings is 2. The van der Waals surface area contributed by atoms with Crippen LogP contribution in [-0.2, 0) is 4.79 Å². The van der Waals surface area contributed by atoms with E-state index in [2.05, 4.69) is 9.98 Å². The van der Waals surface area contributed by atoms with Crippen LogP contribution in [-0.4, -0.2) is 27.1 Å². The van der Waals surface area contributed by atoms with E-state index >= 15 is 0 Å². The Morgan fingerprint density at radius 3 is 2.60 bits per heavy atom. The van der Waals surface area contributed by atoms with E-state index in [1.165, 1.54) is 35.2 Å². The molecular formula is C26H16FN3O4S. The number of aromatic carboxylic acids is 1. The second-order valence-electron chi connectivity index (χ2n) is 7.39. The molecule has 2 aromatic carbocycles. The minimum Gasteiger partial charge on any atom is -0.478 e. The molecule has 35 heavy (non-hydrogen) atoms. The van der Waals surface area contributed by atoms with Gasteiger partial charge in [-0.2, -0.15) is 4.39 Å². The molecule has 3 heterocycles. The molecule has 2 aromatic heterocycles. The van der Waals surface area contributed by atoms with Gasteiger partial charge in [0.15, 0.2) is 5.17 Å². The number of carboxylic acid groups (broad SMARTS) is 1. The monoisotopic (exact) mass is 485 g/mol. The van der Waals surface area contributed by atoms with Gasteiger partial charge in [-0.25, -0.2) is 19.7 Å². The number of hydrogen-bond acceptors (Lipinski definition) is 6. The SMILES string of the molecule is O=C(O)c1cccc(-c2ccc(/C=C3\SC(=Nc4ccccc4)N(c4cccc(F)n4)C3=O)o2)c1. The van der Waals surface area contributed by atoms with Crippen LogP contribution in [0.2, 0.25) is 0 Å². The van der Waals surface area contributed by atoms with Crippen LogP contribution < -0.4 is 4.90 Å². The molecule has 0 spiro atoms. The molecule has 1 fully saturated rings. The summed E-state index contributed by atoms with van der Waals surface area (Å²) in [5.74, 6) is -1.21. The van der Waals surface area contributed by atoms with Crippen molar-refractivity contribution in [1.29, 1.82) is 0 Å². The highest BCUT2D eigenvalue weighted by atomic mass is 32.2. The van der Waals surface area contributed by atoms with E-state index in [-0.39, 0.29) is 11.4 Å². The van der Waals surface area contributed by atoms with Gasteiger partial charge in [-0.05, 0) is 60.3 Å². The third-order valence-electron chi connectivity index (χ3n) is 5.01. The smallest absolute Gasteiger partial charge is 0.335 e. The summed E-state index contributed by atoms with van der Waals surface area (Å²) >= 11 is 1.12. The average molecular weight is 485 g/mol. The Morgan fingerprint density at radius 1 is 1.03 bits per heavy atom. The number of thioether (sulfide) groups is 1. The number of carbonyl (C=O) groups is 2. The lowest BCUT2D eigenvalue weighted by molar-refractivity contribution is -0.113. The number of para-hydroxylation sites is 1. The standard InChI is InChI=1S/C26H16FN3O4S/c27-22-10-5-11-23(29-22)30-24(31)21(35-26(30)28-18-8-2-1-3-9-18)15-19-12-13-20(34-19)16-6-4-7-17(14-16)25(32)33/h1-15H,(H,32,33)/b21-15-,28-26?. The van der Waals surface area contributed by atoms with Crippen molar-refractivity contribution in [2.75, 3.05) is 4.90 Å². The average Bonchev–Trinajstić information content (AvgIpc) is 3.44. The zero-order valence-corrected chi connectivity index (χ0v) is 18.8. The van der Waals surface area contributed by atoms with E-state index in [1.807, 2.05) is 18.2 Å². The number of carbonyl (C=O) groups excluding carboxylic acids is 1. The Kier molecular flexibility index (Phi) is 5.99. The van der Waals surface area contributed by atoms with Crippen LogP contribution in [0.4, 0.5) is 15.9 Å². The van der Waals surface area contributed by atoms with Gasteiger partial charge in [0, 0.05) is 11.6 Å². The minimum absolute atomic E-state index is 0.117. The molecule has 1 N–H and O–H groups in total. The number of carboxylic acids is 1. The predicted octanol–water partition coefficient (Wildman–Crippen LogP) is 5.99. The summed E-state index contributed by atoms with van der Waals surface area (Å²) in [4.78, 5) is 34.5. The highest BCUT2D eigenvalue weighted by Gasteiger charge is 2.36. The Bertz CT molecular complexity index is 1500. The van der Waals surface area contributed by atoms with Crippen LogP contribution in [0.15, 0.2) is 99.2 Å². The third kappa shape index (κ3) is 4.75. The molecule has 0 unspecified atom stereocenters. The molecule has 0 radical (unpaired) electrons. The van der Waals surface area contributed by atoms with Crippen LogP contribution >= 0.6 is 11.8 Å². The molecule has 4 aromatic rings. The first-order chi connectivity index (χ1) is 17.0. The Balaban J connectivity index is 1.50. The fourth-order valence-corrected chi connectivity index (χ4v) is 4.38. The summed E-state index contributed by atoms with van der Waals surface area (Å²) in [5, 5.41) is 9.55. The first-order valence-corrected chi connectivity index (χ1v) is 11.2. The summed E-state index contributed by atoms with van der Waals surface area (Å²) in [6.45, 7) is 0. The maximum absolute atomic E-state index is 13.8.